The summed E-state index contributed by atoms with van der Waals surface area (Å²) in [5.74, 6) is 0. The maximum absolute atomic E-state index is 13.3. The predicted octanol–water partition coefficient (Wildman–Crippen LogP) is 5.09. The topological polar surface area (TPSA) is 76.1 Å². The number of sulfonamides is 1. The average molecular weight is 445 g/mol. The lowest BCUT2D eigenvalue weighted by Gasteiger charge is -2.05. The number of halogens is 2. The van der Waals surface area contributed by atoms with Crippen molar-refractivity contribution < 1.29 is 8.42 Å². The molecule has 5 nitrogen and oxygen atoms in total. The van der Waals surface area contributed by atoms with Crippen LogP contribution in [0.1, 0.15) is 0 Å². The molecule has 0 amide bonds. The first kappa shape index (κ1) is 19.6. The Bertz CT molecular complexity index is 1450. The summed E-state index contributed by atoms with van der Waals surface area (Å²) in [6.45, 7) is 0. The van der Waals surface area contributed by atoms with Gasteiger partial charge in [0.15, 0.2) is 5.43 Å². The fourth-order valence-corrected chi connectivity index (χ4v) is 4.22. The number of benzene rings is 2. The third kappa shape index (κ3) is 4.05. The Kier molecular flexibility index (Phi) is 4.94. The Hall–Kier alpha value is -2.67. The predicted molar refractivity (Wildman–Crippen MR) is 119 cm³/mol. The van der Waals surface area contributed by atoms with Gasteiger partial charge in [-0.15, -0.1) is 0 Å². The molecule has 0 saturated carbocycles. The van der Waals surface area contributed by atoms with E-state index in [2.05, 4.69) is 9.71 Å². The minimum Gasteiger partial charge on any atom is -0.289 e. The monoisotopic (exact) mass is 444 g/mol. The highest BCUT2D eigenvalue weighted by molar-refractivity contribution is 7.92. The number of hydrogen-bond acceptors (Lipinski definition) is 4. The van der Waals surface area contributed by atoms with Gasteiger partial charge in [-0.1, -0.05) is 41.4 Å². The fraction of sp³-hybridized carbons (Fsp3) is 0.0476. The van der Waals surface area contributed by atoms with Gasteiger partial charge in [0, 0.05) is 43.8 Å². The molecule has 146 valence electrons. The number of pyridine rings is 1. The highest BCUT2D eigenvalue weighted by atomic mass is 35.5. The molecule has 0 aliphatic heterocycles. The highest BCUT2D eigenvalue weighted by Gasteiger charge is 2.10. The molecule has 0 aliphatic rings. The maximum Gasteiger partial charge on any atom is 0.229 e. The van der Waals surface area contributed by atoms with Gasteiger partial charge in [-0.25, -0.2) is 8.42 Å². The minimum absolute atomic E-state index is 0.253. The van der Waals surface area contributed by atoms with Crippen molar-refractivity contribution in [3.63, 3.8) is 0 Å². The number of nitrogens with zero attached hydrogens (tertiary/aromatic N) is 1. The fourth-order valence-electron chi connectivity index (χ4n) is 3.15. The third-order valence-electron chi connectivity index (χ3n) is 4.43. The molecule has 0 unspecified atom stereocenters. The van der Waals surface area contributed by atoms with E-state index in [0.717, 1.165) is 6.26 Å². The van der Waals surface area contributed by atoms with Crippen LogP contribution in [0.3, 0.4) is 0 Å². The molecule has 8 heteroatoms. The molecule has 3 aromatic carbocycles. The van der Waals surface area contributed by atoms with Crippen LogP contribution in [-0.4, -0.2) is 19.7 Å². The van der Waals surface area contributed by atoms with E-state index >= 15 is 0 Å². The Balaban J connectivity index is 1.98. The summed E-state index contributed by atoms with van der Waals surface area (Å²) in [6, 6.07) is 15.2. The maximum atomic E-state index is 13.3. The molecule has 0 bridgehead atoms. The van der Waals surface area contributed by atoms with Crippen molar-refractivity contribution in [1.29, 1.82) is 0 Å². The van der Waals surface area contributed by atoms with Crippen LogP contribution in [0.2, 0.25) is 10.0 Å². The Morgan fingerprint density at radius 1 is 0.931 bits per heavy atom. The third-order valence-corrected chi connectivity index (χ3v) is 5.58. The van der Waals surface area contributed by atoms with E-state index in [1.165, 1.54) is 6.07 Å². The number of hydrogen-bond donors (Lipinski definition) is 1. The van der Waals surface area contributed by atoms with Crippen LogP contribution in [-0.2, 0) is 10.0 Å². The largest absolute Gasteiger partial charge is 0.289 e. The second kappa shape index (κ2) is 7.30. The summed E-state index contributed by atoms with van der Waals surface area (Å²) < 4.78 is 25.5. The van der Waals surface area contributed by atoms with Crippen LogP contribution in [0.15, 0.2) is 65.6 Å². The molecule has 1 heterocycles. The first-order valence-corrected chi connectivity index (χ1v) is 11.2. The molecular formula is C21H14Cl2N2O3S. The van der Waals surface area contributed by atoms with Gasteiger partial charge in [-0.05, 0) is 41.8 Å². The van der Waals surface area contributed by atoms with Crippen LogP contribution in [0.25, 0.3) is 32.8 Å². The lowest BCUT2D eigenvalue weighted by molar-refractivity contribution is 0.607. The SMILES string of the molecule is CS(=O)(=O)Nc1ccc2ccc3ncc(-c4ccc(Cl)cc4Cl)cc3c(=O)c2c1. The Morgan fingerprint density at radius 3 is 2.41 bits per heavy atom. The summed E-state index contributed by atoms with van der Waals surface area (Å²) >= 11 is 12.3. The zero-order valence-electron chi connectivity index (χ0n) is 15.1. The van der Waals surface area contributed by atoms with Crippen molar-refractivity contribution >= 4 is 60.6 Å². The molecule has 29 heavy (non-hydrogen) atoms. The summed E-state index contributed by atoms with van der Waals surface area (Å²) in [5.41, 5.74) is 1.98. The second-order valence-corrected chi connectivity index (χ2v) is 9.21. The van der Waals surface area contributed by atoms with Crippen LogP contribution < -0.4 is 10.2 Å². The summed E-state index contributed by atoms with van der Waals surface area (Å²) in [4.78, 5) is 17.7. The van der Waals surface area contributed by atoms with Gasteiger partial charge in [0.1, 0.15) is 0 Å². The minimum atomic E-state index is -3.46. The molecule has 0 fully saturated rings. The van der Waals surface area contributed by atoms with Crippen molar-refractivity contribution in [3.05, 3.63) is 81.1 Å². The molecule has 4 rings (SSSR count). The Labute approximate surface area is 177 Å². The lowest BCUT2D eigenvalue weighted by atomic mass is 10.1. The number of nitrogens with one attached hydrogen (secondary N) is 1. The Morgan fingerprint density at radius 2 is 1.69 bits per heavy atom. The van der Waals surface area contributed by atoms with E-state index in [1.54, 1.807) is 54.7 Å². The molecule has 1 aromatic heterocycles. The van der Waals surface area contributed by atoms with Crippen molar-refractivity contribution in [2.24, 2.45) is 0 Å². The molecule has 0 aliphatic carbocycles. The number of aromatic nitrogens is 1. The van der Waals surface area contributed by atoms with Gasteiger partial charge < -0.3 is 0 Å². The highest BCUT2D eigenvalue weighted by Crippen LogP contribution is 2.31. The van der Waals surface area contributed by atoms with Crippen LogP contribution in [0.5, 0.6) is 0 Å². The van der Waals surface area contributed by atoms with Crippen molar-refractivity contribution in [2.45, 2.75) is 0 Å². The summed E-state index contributed by atoms with van der Waals surface area (Å²) in [5, 5.41) is 2.43. The summed E-state index contributed by atoms with van der Waals surface area (Å²) in [6.07, 6.45) is 2.71. The van der Waals surface area contributed by atoms with Crippen LogP contribution in [0, 0.1) is 0 Å². The van der Waals surface area contributed by atoms with Crippen molar-refractivity contribution in [3.8, 4) is 11.1 Å². The van der Waals surface area contributed by atoms with E-state index in [4.69, 9.17) is 23.2 Å². The first-order chi connectivity index (χ1) is 13.7. The molecular weight excluding hydrogens is 431 g/mol. The molecule has 0 spiro atoms. The zero-order valence-corrected chi connectivity index (χ0v) is 17.4. The van der Waals surface area contributed by atoms with Crippen LogP contribution in [0.4, 0.5) is 5.69 Å². The molecule has 4 aromatic rings. The van der Waals surface area contributed by atoms with E-state index in [1.807, 2.05) is 0 Å². The van der Waals surface area contributed by atoms with Gasteiger partial charge in [0.05, 0.1) is 11.8 Å². The number of anilines is 1. The quantitative estimate of drug-likeness (QED) is 0.477. The lowest BCUT2D eigenvalue weighted by Crippen LogP contribution is -2.10. The second-order valence-electron chi connectivity index (χ2n) is 6.62. The first-order valence-electron chi connectivity index (χ1n) is 8.51. The van der Waals surface area contributed by atoms with Gasteiger partial charge in [-0.3, -0.25) is 14.5 Å². The molecule has 0 saturated heterocycles. The number of fused-ring (bicyclic) bond motifs is 2. The van der Waals surface area contributed by atoms with E-state index in [0.29, 0.717) is 48.5 Å². The normalized spacial score (nSPS) is 11.7. The smallest absolute Gasteiger partial charge is 0.229 e. The van der Waals surface area contributed by atoms with Gasteiger partial charge in [0.25, 0.3) is 0 Å². The molecule has 0 atom stereocenters. The zero-order chi connectivity index (χ0) is 20.8. The molecule has 0 radical (unpaired) electrons. The summed E-state index contributed by atoms with van der Waals surface area (Å²) in [7, 11) is -3.46. The van der Waals surface area contributed by atoms with Gasteiger partial charge >= 0.3 is 0 Å². The average Bonchev–Trinajstić information content (AvgIpc) is 2.78. The van der Waals surface area contributed by atoms with Crippen molar-refractivity contribution in [1.82, 2.24) is 4.98 Å². The van der Waals surface area contributed by atoms with E-state index in [9.17, 15) is 13.2 Å². The standard InChI is InChI=1S/C21H14Cl2N2O3S/c1-29(27,28)25-15-5-2-12-3-7-20-18(21(26)17(12)10-15)8-13(11-24-20)16-6-4-14(22)9-19(16)23/h2-11,25H,1H3. The van der Waals surface area contributed by atoms with Gasteiger partial charge in [-0.2, -0.15) is 0 Å². The van der Waals surface area contributed by atoms with E-state index < -0.39 is 10.0 Å². The van der Waals surface area contributed by atoms with Gasteiger partial charge in [0.2, 0.25) is 10.0 Å². The van der Waals surface area contributed by atoms with E-state index in [-0.39, 0.29) is 5.43 Å². The number of rotatable bonds is 3. The van der Waals surface area contributed by atoms with Crippen molar-refractivity contribution in [2.75, 3.05) is 11.0 Å². The molecule has 1 N–H and O–H groups in total. The van der Waals surface area contributed by atoms with Crippen LogP contribution >= 0.6 is 23.2 Å².